The van der Waals surface area contributed by atoms with Crippen LogP contribution in [0.3, 0.4) is 0 Å². The van der Waals surface area contributed by atoms with Gasteiger partial charge in [-0.1, -0.05) is 6.92 Å². The van der Waals surface area contributed by atoms with Gasteiger partial charge in [-0.15, -0.1) is 0 Å². The zero-order chi connectivity index (χ0) is 11.6. The van der Waals surface area contributed by atoms with Crippen LogP contribution in [0.15, 0.2) is 0 Å². The number of rotatable bonds is 3. The molecule has 15 heavy (non-hydrogen) atoms. The van der Waals surface area contributed by atoms with Crippen LogP contribution in [0.25, 0.3) is 0 Å². The molecule has 1 aromatic heterocycles. The zero-order valence-corrected chi connectivity index (χ0v) is 11.1. The van der Waals surface area contributed by atoms with Crippen molar-refractivity contribution in [2.45, 2.75) is 60.9 Å². The molecule has 84 valence electrons. The van der Waals surface area contributed by atoms with E-state index in [1.807, 2.05) is 0 Å². The van der Waals surface area contributed by atoms with Crippen molar-refractivity contribution >= 4 is 0 Å². The monoisotopic (exact) mass is 206 g/mol. The van der Waals surface area contributed by atoms with Gasteiger partial charge in [0, 0.05) is 24.5 Å². The number of pyridine rings is 1. The summed E-state index contributed by atoms with van der Waals surface area (Å²) in [5, 5.41) is 0. The molecule has 1 rings (SSSR count). The summed E-state index contributed by atoms with van der Waals surface area (Å²) in [5.41, 5.74) is 7.38. The first-order valence-corrected chi connectivity index (χ1v) is 6.03. The predicted octanol–water partition coefficient (Wildman–Crippen LogP) is 3.18. The maximum absolute atomic E-state index is 2.47. The van der Waals surface area contributed by atoms with Gasteiger partial charge in [-0.25, -0.2) is 0 Å². The Morgan fingerprint density at radius 3 is 1.93 bits per heavy atom. The van der Waals surface area contributed by atoms with Crippen molar-refractivity contribution < 1.29 is 4.57 Å². The molecule has 0 N–H and O–H groups in total. The molecule has 0 radical (unpaired) electrons. The fourth-order valence-electron chi connectivity index (χ4n) is 2.36. The van der Waals surface area contributed by atoms with Gasteiger partial charge >= 0.3 is 0 Å². The molecule has 0 fully saturated rings. The van der Waals surface area contributed by atoms with Gasteiger partial charge in [0.05, 0.1) is 0 Å². The molecule has 1 heteroatoms. The van der Waals surface area contributed by atoms with Crippen LogP contribution in [-0.4, -0.2) is 0 Å². The van der Waals surface area contributed by atoms with E-state index in [2.05, 4.69) is 46.1 Å². The first kappa shape index (κ1) is 12.2. The molecule has 0 saturated carbocycles. The van der Waals surface area contributed by atoms with Crippen molar-refractivity contribution in [2.24, 2.45) is 0 Å². The normalized spacial score (nSPS) is 10.8. The number of nitrogens with zero attached hydrogens (tertiary/aromatic N) is 1. The summed E-state index contributed by atoms with van der Waals surface area (Å²) in [6.45, 7) is 14.6. The summed E-state index contributed by atoms with van der Waals surface area (Å²) in [7, 11) is 0. The summed E-state index contributed by atoms with van der Waals surface area (Å²) < 4.78 is 2.47. The fraction of sp³-hybridized carbons (Fsp3) is 0.643. The number of aromatic nitrogens is 1. The van der Waals surface area contributed by atoms with E-state index in [1.54, 1.807) is 0 Å². The number of hydrogen-bond donors (Lipinski definition) is 0. The fourth-order valence-corrected chi connectivity index (χ4v) is 2.36. The van der Waals surface area contributed by atoms with E-state index in [9.17, 15) is 0 Å². The van der Waals surface area contributed by atoms with Crippen LogP contribution in [0.5, 0.6) is 0 Å². The van der Waals surface area contributed by atoms with Gasteiger partial charge in [-0.05, 0) is 39.7 Å². The van der Waals surface area contributed by atoms with Gasteiger partial charge in [-0.2, -0.15) is 4.57 Å². The molecule has 0 bridgehead atoms. The lowest BCUT2D eigenvalue weighted by Crippen LogP contribution is -2.42. The van der Waals surface area contributed by atoms with Crippen molar-refractivity contribution in [1.29, 1.82) is 0 Å². The minimum Gasteiger partial charge on any atom is -0.200 e. The van der Waals surface area contributed by atoms with Gasteiger partial charge < -0.3 is 0 Å². The third-order valence-electron chi connectivity index (χ3n) is 3.63. The van der Waals surface area contributed by atoms with Crippen LogP contribution in [0.1, 0.15) is 48.3 Å². The maximum atomic E-state index is 2.47. The van der Waals surface area contributed by atoms with E-state index < -0.39 is 0 Å². The molecule has 1 nitrogen and oxygen atoms in total. The standard InChI is InChI=1S/C14H24N/c1-7-9-14-12(5)10(3)11(4)13(6)15(14)8-2/h7-9H2,1-6H3/q+1. The van der Waals surface area contributed by atoms with E-state index in [4.69, 9.17) is 0 Å². The molecular weight excluding hydrogens is 182 g/mol. The Morgan fingerprint density at radius 2 is 1.47 bits per heavy atom. The van der Waals surface area contributed by atoms with Gasteiger partial charge in [0.1, 0.15) is 6.54 Å². The third kappa shape index (κ3) is 2.06. The highest BCUT2D eigenvalue weighted by molar-refractivity contribution is 5.34. The van der Waals surface area contributed by atoms with Gasteiger partial charge in [0.25, 0.3) is 0 Å². The van der Waals surface area contributed by atoms with Crippen LogP contribution >= 0.6 is 0 Å². The zero-order valence-electron chi connectivity index (χ0n) is 11.1. The van der Waals surface area contributed by atoms with Crippen LogP contribution < -0.4 is 4.57 Å². The second-order valence-corrected chi connectivity index (χ2v) is 4.40. The largest absolute Gasteiger partial charge is 0.200 e. The van der Waals surface area contributed by atoms with Crippen molar-refractivity contribution in [3.63, 3.8) is 0 Å². The smallest absolute Gasteiger partial charge is 0.184 e. The Morgan fingerprint density at radius 1 is 0.867 bits per heavy atom. The lowest BCUT2D eigenvalue weighted by molar-refractivity contribution is -0.707. The average Bonchev–Trinajstić information content (AvgIpc) is 2.24. The molecule has 0 unspecified atom stereocenters. The molecule has 0 saturated heterocycles. The third-order valence-corrected chi connectivity index (χ3v) is 3.63. The van der Waals surface area contributed by atoms with E-state index in [0.717, 1.165) is 6.54 Å². The molecule has 0 aliphatic carbocycles. The molecule has 1 aromatic rings. The van der Waals surface area contributed by atoms with E-state index >= 15 is 0 Å². The topological polar surface area (TPSA) is 3.88 Å². The lowest BCUT2D eigenvalue weighted by atomic mass is 9.99. The van der Waals surface area contributed by atoms with Crippen molar-refractivity contribution in [3.05, 3.63) is 28.1 Å². The Labute approximate surface area is 94.1 Å². The molecule has 0 aromatic carbocycles. The highest BCUT2D eigenvalue weighted by Crippen LogP contribution is 2.17. The highest BCUT2D eigenvalue weighted by atomic mass is 15.0. The minimum atomic E-state index is 1.09. The molecular formula is C14H24N+. The van der Waals surface area contributed by atoms with Gasteiger partial charge in [-0.3, -0.25) is 0 Å². The van der Waals surface area contributed by atoms with Gasteiger partial charge in [0.15, 0.2) is 11.4 Å². The Hall–Kier alpha value is -0.850. The predicted molar refractivity (Wildman–Crippen MR) is 65.3 cm³/mol. The summed E-state index contributed by atoms with van der Waals surface area (Å²) in [5.74, 6) is 0. The minimum absolute atomic E-state index is 1.09. The van der Waals surface area contributed by atoms with Crippen LogP contribution in [0.2, 0.25) is 0 Å². The Kier molecular flexibility index (Phi) is 3.90. The van der Waals surface area contributed by atoms with E-state index in [1.165, 1.54) is 40.9 Å². The molecule has 0 aliphatic rings. The molecule has 0 aliphatic heterocycles. The van der Waals surface area contributed by atoms with Crippen molar-refractivity contribution in [2.75, 3.05) is 0 Å². The van der Waals surface area contributed by atoms with Crippen LogP contribution in [0.4, 0.5) is 0 Å². The second-order valence-electron chi connectivity index (χ2n) is 4.40. The summed E-state index contributed by atoms with van der Waals surface area (Å²) in [4.78, 5) is 0. The second kappa shape index (κ2) is 4.78. The highest BCUT2D eigenvalue weighted by Gasteiger charge is 2.20. The molecule has 0 spiro atoms. The lowest BCUT2D eigenvalue weighted by Gasteiger charge is -2.13. The first-order chi connectivity index (χ1) is 7.04. The summed E-state index contributed by atoms with van der Waals surface area (Å²) in [6.07, 6.45) is 2.42. The number of hydrogen-bond acceptors (Lipinski definition) is 0. The van der Waals surface area contributed by atoms with Crippen molar-refractivity contribution in [3.8, 4) is 0 Å². The van der Waals surface area contributed by atoms with Crippen LogP contribution in [0, 0.1) is 27.7 Å². The molecule has 1 heterocycles. The Bertz CT molecular complexity index is 364. The summed E-state index contributed by atoms with van der Waals surface area (Å²) >= 11 is 0. The van der Waals surface area contributed by atoms with Crippen molar-refractivity contribution in [1.82, 2.24) is 0 Å². The average molecular weight is 206 g/mol. The van der Waals surface area contributed by atoms with E-state index in [-0.39, 0.29) is 0 Å². The molecule has 0 amide bonds. The SMILES string of the molecule is CCCc1c(C)c(C)c(C)c(C)[n+]1CC. The van der Waals surface area contributed by atoms with E-state index in [0.29, 0.717) is 0 Å². The Balaban J connectivity index is 3.47. The maximum Gasteiger partial charge on any atom is 0.184 e. The quantitative estimate of drug-likeness (QED) is 0.669. The van der Waals surface area contributed by atoms with Crippen LogP contribution in [-0.2, 0) is 13.0 Å². The summed E-state index contributed by atoms with van der Waals surface area (Å²) in [6, 6.07) is 0. The van der Waals surface area contributed by atoms with Gasteiger partial charge in [0.2, 0.25) is 0 Å². The molecule has 0 atom stereocenters. The first-order valence-electron chi connectivity index (χ1n) is 6.03.